The van der Waals surface area contributed by atoms with Gasteiger partial charge in [0.25, 0.3) is 5.91 Å². The monoisotopic (exact) mass is 629 g/mol. The van der Waals surface area contributed by atoms with Gasteiger partial charge in [0.2, 0.25) is 15.9 Å². The van der Waals surface area contributed by atoms with E-state index in [0.717, 1.165) is 11.9 Å². The van der Waals surface area contributed by atoms with Crippen LogP contribution in [0.5, 0.6) is 0 Å². The van der Waals surface area contributed by atoms with E-state index in [2.05, 4.69) is 20.0 Å². The Morgan fingerprint density at radius 2 is 1.91 bits per heavy atom. The number of aromatic amines is 1. The predicted octanol–water partition coefficient (Wildman–Crippen LogP) is 4.18. The van der Waals surface area contributed by atoms with Gasteiger partial charge in [0.1, 0.15) is 12.1 Å². The van der Waals surface area contributed by atoms with Crippen LogP contribution in [0.25, 0.3) is 11.3 Å². The highest BCUT2D eigenvalue weighted by Crippen LogP contribution is 2.35. The van der Waals surface area contributed by atoms with Gasteiger partial charge in [0.05, 0.1) is 34.1 Å². The van der Waals surface area contributed by atoms with Crippen molar-refractivity contribution in [3.63, 3.8) is 0 Å². The van der Waals surface area contributed by atoms with Crippen LogP contribution in [0.15, 0.2) is 71.2 Å². The number of aromatic nitrogens is 2. The standard InChI is InChI=1S/C28H32ClN7O6S/c1-18(2)14-22(32-43(41,42)20-8-5-4-6-9-20)26(37)35-13-7-10-24(35)27(38)36(28(39)34(3)33-40)25-15-19(29)11-12-21(25)23-16-30-17-31-23/h4-6,8-9,11-12,15-18,22,24,32H,7,10,13-14H2,1-3H3,(H,30,31)/t22?,24-/m0/s1. The van der Waals surface area contributed by atoms with E-state index in [-0.39, 0.29) is 40.9 Å². The number of nitrogens with one attached hydrogen (secondary N) is 2. The zero-order valence-corrected chi connectivity index (χ0v) is 25.4. The van der Waals surface area contributed by atoms with Gasteiger partial charge < -0.3 is 9.88 Å². The molecular weight excluding hydrogens is 598 g/mol. The number of benzene rings is 2. The number of nitroso groups, excluding NO2 is 1. The lowest BCUT2D eigenvalue weighted by Gasteiger charge is -2.33. The van der Waals surface area contributed by atoms with Crippen molar-refractivity contribution >= 4 is 45.2 Å². The molecule has 0 radical (unpaired) electrons. The van der Waals surface area contributed by atoms with Gasteiger partial charge in [-0.1, -0.05) is 43.6 Å². The molecule has 2 N–H and O–H groups in total. The normalized spacial score (nSPS) is 15.7. The van der Waals surface area contributed by atoms with E-state index in [0.29, 0.717) is 22.7 Å². The first-order valence-corrected chi connectivity index (χ1v) is 15.4. The smallest absolute Gasteiger partial charge is 0.345 e. The summed E-state index contributed by atoms with van der Waals surface area (Å²) in [4.78, 5) is 62.0. The van der Waals surface area contributed by atoms with Crippen LogP contribution in [-0.2, 0) is 19.6 Å². The minimum Gasteiger partial charge on any atom is -0.345 e. The Balaban J connectivity index is 1.72. The first-order chi connectivity index (χ1) is 20.4. The van der Waals surface area contributed by atoms with Crippen molar-refractivity contribution in [3.05, 3.63) is 71.0 Å². The third kappa shape index (κ3) is 7.09. The van der Waals surface area contributed by atoms with E-state index in [1.807, 2.05) is 13.8 Å². The Morgan fingerprint density at radius 3 is 2.53 bits per heavy atom. The number of carbonyl (C=O) groups is 3. The zero-order chi connectivity index (χ0) is 31.3. The number of carbonyl (C=O) groups excluding carboxylic acids is 3. The highest BCUT2D eigenvalue weighted by atomic mass is 35.5. The maximum Gasteiger partial charge on any atom is 0.354 e. The van der Waals surface area contributed by atoms with Crippen molar-refractivity contribution in [2.45, 2.75) is 50.1 Å². The Labute approximate surface area is 254 Å². The van der Waals surface area contributed by atoms with Crippen LogP contribution in [0.1, 0.15) is 33.1 Å². The lowest BCUT2D eigenvalue weighted by atomic mass is 10.0. The van der Waals surface area contributed by atoms with E-state index in [9.17, 15) is 27.7 Å². The number of rotatable bonds is 10. The number of nitrogens with zero attached hydrogens (tertiary/aromatic N) is 5. The highest BCUT2D eigenvalue weighted by molar-refractivity contribution is 7.89. The quantitative estimate of drug-likeness (QED) is 0.251. The van der Waals surface area contributed by atoms with Crippen molar-refractivity contribution < 1.29 is 22.8 Å². The van der Waals surface area contributed by atoms with E-state index in [1.54, 1.807) is 30.3 Å². The molecule has 2 aromatic carbocycles. The van der Waals surface area contributed by atoms with Crippen LogP contribution in [0, 0.1) is 10.8 Å². The second kappa shape index (κ2) is 13.4. The number of anilines is 1. The number of H-pyrrole nitrogens is 1. The molecule has 0 spiro atoms. The minimum absolute atomic E-state index is 0.000862. The summed E-state index contributed by atoms with van der Waals surface area (Å²) in [6, 6.07) is 8.84. The lowest BCUT2D eigenvalue weighted by Crippen LogP contribution is -2.56. The molecule has 0 aliphatic carbocycles. The molecule has 4 amide bonds. The van der Waals surface area contributed by atoms with Crippen LogP contribution in [0.2, 0.25) is 5.02 Å². The third-order valence-electron chi connectivity index (χ3n) is 6.98. The molecule has 43 heavy (non-hydrogen) atoms. The van der Waals surface area contributed by atoms with Crippen LogP contribution in [-0.4, -0.2) is 71.8 Å². The summed E-state index contributed by atoms with van der Waals surface area (Å²) in [5, 5.41) is 3.34. The van der Waals surface area contributed by atoms with E-state index >= 15 is 0 Å². The zero-order valence-electron chi connectivity index (χ0n) is 23.8. The number of likely N-dealkylation sites (tertiary alicyclic amines) is 1. The molecule has 3 aromatic rings. The Hall–Kier alpha value is -4.14. The van der Waals surface area contributed by atoms with Gasteiger partial charge in [-0.2, -0.15) is 9.73 Å². The molecule has 2 heterocycles. The fourth-order valence-corrected chi connectivity index (χ4v) is 6.37. The first kappa shape index (κ1) is 31.8. The summed E-state index contributed by atoms with van der Waals surface area (Å²) in [6.07, 6.45) is 3.70. The second-order valence-corrected chi connectivity index (χ2v) is 12.6. The molecule has 2 atom stereocenters. The van der Waals surface area contributed by atoms with E-state index in [4.69, 9.17) is 11.6 Å². The van der Waals surface area contributed by atoms with Gasteiger partial charge in [-0.15, -0.1) is 4.91 Å². The van der Waals surface area contributed by atoms with Crippen LogP contribution < -0.4 is 9.62 Å². The number of sulfonamides is 1. The molecule has 1 fully saturated rings. The summed E-state index contributed by atoms with van der Waals surface area (Å²) in [5.41, 5.74) is 0.891. The van der Waals surface area contributed by atoms with E-state index in [1.165, 1.54) is 35.6 Å². The fourth-order valence-electron chi connectivity index (χ4n) is 4.98. The lowest BCUT2D eigenvalue weighted by molar-refractivity contribution is -0.138. The van der Waals surface area contributed by atoms with Gasteiger partial charge in [0.15, 0.2) is 0 Å². The average molecular weight is 630 g/mol. The maximum absolute atomic E-state index is 14.2. The van der Waals surface area contributed by atoms with E-state index < -0.39 is 40.0 Å². The number of halogens is 1. The first-order valence-electron chi connectivity index (χ1n) is 13.6. The van der Waals surface area contributed by atoms with Gasteiger partial charge in [0, 0.05) is 24.2 Å². The van der Waals surface area contributed by atoms with Crippen molar-refractivity contribution in [3.8, 4) is 11.3 Å². The van der Waals surface area contributed by atoms with Crippen molar-refractivity contribution in [1.82, 2.24) is 24.6 Å². The summed E-state index contributed by atoms with van der Waals surface area (Å²) in [6.45, 7) is 3.86. The minimum atomic E-state index is -4.07. The molecule has 0 saturated carbocycles. The number of urea groups is 1. The number of hydrogen-bond acceptors (Lipinski definition) is 8. The predicted molar refractivity (Wildman–Crippen MR) is 160 cm³/mol. The number of imidazole rings is 1. The molecule has 1 unspecified atom stereocenters. The van der Waals surface area contributed by atoms with Crippen molar-refractivity contribution in [2.24, 2.45) is 11.2 Å². The second-order valence-electron chi connectivity index (χ2n) is 10.5. The Kier molecular flexibility index (Phi) is 9.94. The average Bonchev–Trinajstić information content (AvgIpc) is 3.69. The molecule has 1 aliphatic heterocycles. The number of hydrogen-bond donors (Lipinski definition) is 2. The maximum atomic E-state index is 14.2. The number of amides is 4. The number of imide groups is 1. The van der Waals surface area contributed by atoms with Crippen LogP contribution in [0.3, 0.4) is 0 Å². The van der Waals surface area contributed by atoms with Crippen molar-refractivity contribution in [2.75, 3.05) is 18.5 Å². The van der Waals surface area contributed by atoms with Crippen LogP contribution in [0.4, 0.5) is 10.5 Å². The Morgan fingerprint density at radius 1 is 1.19 bits per heavy atom. The largest absolute Gasteiger partial charge is 0.354 e. The van der Waals surface area contributed by atoms with Gasteiger partial charge in [-0.05, 0) is 55.5 Å². The van der Waals surface area contributed by atoms with Gasteiger partial charge in [-0.3, -0.25) is 9.59 Å². The van der Waals surface area contributed by atoms with Gasteiger partial charge >= 0.3 is 6.03 Å². The van der Waals surface area contributed by atoms with Gasteiger partial charge in [-0.25, -0.2) is 23.1 Å². The molecule has 228 valence electrons. The van der Waals surface area contributed by atoms with Crippen LogP contribution >= 0.6 is 11.6 Å². The summed E-state index contributed by atoms with van der Waals surface area (Å²) in [7, 11) is -2.96. The third-order valence-corrected chi connectivity index (χ3v) is 8.70. The SMILES string of the molecule is CC(C)CC(NS(=O)(=O)c1ccccc1)C(=O)N1CCC[C@H]1C(=O)N(C(=O)N(C)N=O)c1cc(Cl)ccc1-c1cnc[nH]1. The molecule has 4 rings (SSSR count). The van der Waals surface area contributed by atoms with Crippen molar-refractivity contribution in [1.29, 1.82) is 0 Å². The molecule has 1 saturated heterocycles. The molecular formula is C28H32ClN7O6S. The summed E-state index contributed by atoms with van der Waals surface area (Å²) < 4.78 is 28.8. The molecule has 1 aliphatic rings. The topological polar surface area (TPSA) is 165 Å². The summed E-state index contributed by atoms with van der Waals surface area (Å²) >= 11 is 6.28. The molecule has 0 bridgehead atoms. The molecule has 1 aromatic heterocycles. The fraction of sp³-hybridized carbons (Fsp3) is 0.357. The highest BCUT2D eigenvalue weighted by Gasteiger charge is 2.43. The molecule has 15 heteroatoms. The Bertz CT molecular complexity index is 1580. The molecule has 13 nitrogen and oxygen atoms in total. The summed E-state index contributed by atoms with van der Waals surface area (Å²) in [5.74, 6) is -1.47.